The van der Waals surface area contributed by atoms with Gasteiger partial charge in [0, 0.05) is 10.0 Å². The summed E-state index contributed by atoms with van der Waals surface area (Å²) in [5.74, 6) is 0. The molecule has 1 nitrogen and oxygen atoms in total. The van der Waals surface area contributed by atoms with Crippen molar-refractivity contribution in [1.82, 2.24) is 4.98 Å². The fraction of sp³-hybridized carbons (Fsp3) is 0.0714. The van der Waals surface area contributed by atoms with Crippen LogP contribution in [0.2, 0.25) is 0 Å². The van der Waals surface area contributed by atoms with E-state index in [1.807, 2.05) is 6.07 Å². The Bertz CT molecular complexity index is 655. The van der Waals surface area contributed by atoms with Crippen molar-refractivity contribution in [1.29, 1.82) is 0 Å². The molecule has 0 saturated heterocycles. The van der Waals surface area contributed by atoms with Crippen LogP contribution in [0, 0.1) is 6.92 Å². The predicted molar refractivity (Wildman–Crippen MR) is 77.5 cm³/mol. The number of aryl methyl sites for hydroxylation is 1. The average Bonchev–Trinajstić information content (AvgIpc) is 2.76. The van der Waals surface area contributed by atoms with Gasteiger partial charge in [0.2, 0.25) is 0 Å². The number of para-hydroxylation sites is 1. The minimum Gasteiger partial charge on any atom is -0.236 e. The smallest absolute Gasteiger partial charge is 0.124 e. The summed E-state index contributed by atoms with van der Waals surface area (Å²) in [5.41, 5.74) is 3.49. The SMILES string of the molecule is Cc1ccc(-c2nc3ccccc3s2)cc1Br. The van der Waals surface area contributed by atoms with Crippen LogP contribution in [0.25, 0.3) is 20.8 Å². The first-order chi connectivity index (χ1) is 8.24. The van der Waals surface area contributed by atoms with Crippen molar-refractivity contribution in [3.8, 4) is 10.6 Å². The number of aromatic nitrogens is 1. The predicted octanol–water partition coefficient (Wildman–Crippen LogP) is 5.03. The van der Waals surface area contributed by atoms with Crippen LogP contribution in [0.5, 0.6) is 0 Å². The molecule has 3 aromatic rings. The minimum absolute atomic E-state index is 1.07. The Morgan fingerprint density at radius 3 is 2.71 bits per heavy atom. The molecule has 0 unspecified atom stereocenters. The van der Waals surface area contributed by atoms with Crippen molar-refractivity contribution in [2.45, 2.75) is 6.92 Å². The third-order valence-corrected chi connectivity index (χ3v) is 4.65. The average molecular weight is 304 g/mol. The number of nitrogens with zero attached hydrogens (tertiary/aromatic N) is 1. The molecule has 0 aliphatic carbocycles. The molecule has 0 fully saturated rings. The van der Waals surface area contributed by atoms with Gasteiger partial charge in [-0.1, -0.05) is 40.2 Å². The molecule has 2 aromatic carbocycles. The first-order valence-electron chi connectivity index (χ1n) is 5.36. The molecule has 1 aromatic heterocycles. The summed E-state index contributed by atoms with van der Waals surface area (Å²) in [7, 11) is 0. The van der Waals surface area contributed by atoms with Gasteiger partial charge in [0.05, 0.1) is 10.2 Å². The highest BCUT2D eigenvalue weighted by Gasteiger charge is 2.06. The maximum atomic E-state index is 4.65. The van der Waals surface area contributed by atoms with E-state index in [1.54, 1.807) is 11.3 Å². The Morgan fingerprint density at radius 1 is 1.12 bits per heavy atom. The van der Waals surface area contributed by atoms with Crippen molar-refractivity contribution in [3.63, 3.8) is 0 Å². The molecule has 0 saturated carbocycles. The van der Waals surface area contributed by atoms with Gasteiger partial charge in [-0.25, -0.2) is 4.98 Å². The minimum atomic E-state index is 1.07. The van der Waals surface area contributed by atoms with Gasteiger partial charge in [-0.3, -0.25) is 0 Å². The lowest BCUT2D eigenvalue weighted by molar-refractivity contribution is 1.41. The molecular formula is C14H10BrNS. The maximum Gasteiger partial charge on any atom is 0.124 e. The molecule has 17 heavy (non-hydrogen) atoms. The zero-order chi connectivity index (χ0) is 11.8. The van der Waals surface area contributed by atoms with Crippen LogP contribution in [-0.4, -0.2) is 4.98 Å². The summed E-state index contributed by atoms with van der Waals surface area (Å²) in [6.07, 6.45) is 0. The lowest BCUT2D eigenvalue weighted by atomic mass is 10.2. The topological polar surface area (TPSA) is 12.9 Å². The van der Waals surface area contributed by atoms with Gasteiger partial charge in [-0.15, -0.1) is 11.3 Å². The van der Waals surface area contributed by atoms with E-state index in [0.29, 0.717) is 0 Å². The summed E-state index contributed by atoms with van der Waals surface area (Å²) >= 11 is 5.30. The second-order valence-electron chi connectivity index (χ2n) is 3.95. The van der Waals surface area contributed by atoms with Crippen molar-refractivity contribution in [2.75, 3.05) is 0 Å². The lowest BCUT2D eigenvalue weighted by Crippen LogP contribution is -1.79. The van der Waals surface area contributed by atoms with Gasteiger partial charge < -0.3 is 0 Å². The highest BCUT2D eigenvalue weighted by atomic mass is 79.9. The summed E-state index contributed by atoms with van der Waals surface area (Å²) in [5, 5.41) is 1.08. The van der Waals surface area contributed by atoms with E-state index in [-0.39, 0.29) is 0 Å². The lowest BCUT2D eigenvalue weighted by Gasteiger charge is -2.00. The van der Waals surface area contributed by atoms with E-state index >= 15 is 0 Å². The molecule has 0 aliphatic rings. The van der Waals surface area contributed by atoms with Crippen LogP contribution in [-0.2, 0) is 0 Å². The quantitative estimate of drug-likeness (QED) is 0.614. The van der Waals surface area contributed by atoms with Crippen molar-refractivity contribution in [2.24, 2.45) is 0 Å². The molecule has 0 spiro atoms. The molecule has 0 bridgehead atoms. The zero-order valence-corrected chi connectivity index (χ0v) is 11.7. The van der Waals surface area contributed by atoms with Crippen LogP contribution < -0.4 is 0 Å². The highest BCUT2D eigenvalue weighted by Crippen LogP contribution is 2.32. The molecule has 3 rings (SSSR count). The summed E-state index contributed by atoms with van der Waals surface area (Å²) in [6.45, 7) is 2.09. The van der Waals surface area contributed by atoms with Crippen LogP contribution in [0.4, 0.5) is 0 Å². The van der Waals surface area contributed by atoms with Crippen LogP contribution in [0.1, 0.15) is 5.56 Å². The normalized spacial score (nSPS) is 10.9. The van der Waals surface area contributed by atoms with Gasteiger partial charge in [-0.05, 0) is 30.7 Å². The van der Waals surface area contributed by atoms with E-state index in [2.05, 4.69) is 64.2 Å². The Labute approximate surface area is 112 Å². The van der Waals surface area contributed by atoms with Gasteiger partial charge in [0.1, 0.15) is 5.01 Å². The molecule has 0 radical (unpaired) electrons. The van der Waals surface area contributed by atoms with Crippen LogP contribution >= 0.6 is 27.3 Å². The number of thiazole rings is 1. The number of halogens is 1. The zero-order valence-electron chi connectivity index (χ0n) is 9.27. The monoisotopic (exact) mass is 303 g/mol. The van der Waals surface area contributed by atoms with Crippen molar-refractivity contribution >= 4 is 37.5 Å². The molecule has 0 amide bonds. The first kappa shape index (κ1) is 10.9. The Kier molecular flexibility index (Phi) is 2.73. The highest BCUT2D eigenvalue weighted by molar-refractivity contribution is 9.10. The molecule has 3 heteroatoms. The summed E-state index contributed by atoms with van der Waals surface area (Å²) in [4.78, 5) is 4.65. The van der Waals surface area contributed by atoms with E-state index in [9.17, 15) is 0 Å². The number of hydrogen-bond acceptors (Lipinski definition) is 2. The Morgan fingerprint density at radius 2 is 1.94 bits per heavy atom. The van der Waals surface area contributed by atoms with Crippen molar-refractivity contribution < 1.29 is 0 Å². The van der Waals surface area contributed by atoms with Gasteiger partial charge in [0.25, 0.3) is 0 Å². The standard InChI is InChI=1S/C14H10BrNS/c1-9-6-7-10(8-11(9)15)14-16-12-4-2-3-5-13(12)17-14/h2-8H,1H3. The number of benzene rings is 2. The number of hydrogen-bond donors (Lipinski definition) is 0. The maximum absolute atomic E-state index is 4.65. The number of rotatable bonds is 1. The van der Waals surface area contributed by atoms with Gasteiger partial charge in [0.15, 0.2) is 0 Å². The summed E-state index contributed by atoms with van der Waals surface area (Å²) in [6, 6.07) is 14.6. The third-order valence-electron chi connectivity index (χ3n) is 2.71. The van der Waals surface area contributed by atoms with E-state index in [0.717, 1.165) is 15.0 Å². The Balaban J connectivity index is 2.17. The van der Waals surface area contributed by atoms with Gasteiger partial charge >= 0.3 is 0 Å². The Hall–Kier alpha value is -1.19. The number of fused-ring (bicyclic) bond motifs is 1. The largest absolute Gasteiger partial charge is 0.236 e. The fourth-order valence-electron chi connectivity index (χ4n) is 1.72. The van der Waals surface area contributed by atoms with Crippen molar-refractivity contribution in [3.05, 3.63) is 52.5 Å². The van der Waals surface area contributed by atoms with E-state index < -0.39 is 0 Å². The van der Waals surface area contributed by atoms with E-state index in [4.69, 9.17) is 0 Å². The molecule has 84 valence electrons. The summed E-state index contributed by atoms with van der Waals surface area (Å²) < 4.78 is 2.37. The molecule has 0 atom stereocenters. The molecule has 1 heterocycles. The molecule has 0 N–H and O–H groups in total. The fourth-order valence-corrected chi connectivity index (χ4v) is 3.06. The van der Waals surface area contributed by atoms with Crippen LogP contribution in [0.3, 0.4) is 0 Å². The van der Waals surface area contributed by atoms with E-state index in [1.165, 1.54) is 15.8 Å². The van der Waals surface area contributed by atoms with Gasteiger partial charge in [-0.2, -0.15) is 0 Å². The van der Waals surface area contributed by atoms with Crippen LogP contribution in [0.15, 0.2) is 46.9 Å². The second kappa shape index (κ2) is 4.24. The second-order valence-corrected chi connectivity index (χ2v) is 5.84. The third kappa shape index (κ3) is 2.01. The molecule has 0 aliphatic heterocycles. The molecular weight excluding hydrogens is 294 g/mol. The first-order valence-corrected chi connectivity index (χ1v) is 6.97.